The van der Waals surface area contributed by atoms with Gasteiger partial charge < -0.3 is 4.74 Å². The Morgan fingerprint density at radius 1 is 0.750 bits per heavy atom. The van der Waals surface area contributed by atoms with Crippen LogP contribution in [0.25, 0.3) is 22.4 Å². The molecule has 0 amide bonds. The van der Waals surface area contributed by atoms with Crippen molar-refractivity contribution in [2.75, 3.05) is 6.61 Å². The second-order valence-electron chi connectivity index (χ2n) is 8.49. The molecule has 0 aliphatic carbocycles. The molecule has 3 aromatic rings. The van der Waals surface area contributed by atoms with Crippen molar-refractivity contribution in [1.82, 2.24) is 4.98 Å². The lowest BCUT2D eigenvalue weighted by Crippen LogP contribution is -1.96. The van der Waals surface area contributed by atoms with Crippen LogP contribution < -0.4 is 4.74 Å². The largest absolute Gasteiger partial charge is 0.494 e. The van der Waals surface area contributed by atoms with Gasteiger partial charge in [0.25, 0.3) is 0 Å². The van der Waals surface area contributed by atoms with Gasteiger partial charge in [0.2, 0.25) is 0 Å². The van der Waals surface area contributed by atoms with Gasteiger partial charge in [-0.3, -0.25) is 4.98 Å². The molecule has 2 nitrogen and oxygen atoms in total. The summed E-state index contributed by atoms with van der Waals surface area (Å²) in [5.41, 5.74) is 4.37. The number of hydrogen-bond donors (Lipinski definition) is 0. The first-order valence-corrected chi connectivity index (χ1v) is 12.2. The molecule has 1 heterocycles. The van der Waals surface area contributed by atoms with Gasteiger partial charge >= 0.3 is 0 Å². The summed E-state index contributed by atoms with van der Waals surface area (Å²) in [6.07, 6.45) is 12.3. The second-order valence-corrected chi connectivity index (χ2v) is 8.49. The topological polar surface area (TPSA) is 22.1 Å². The molecule has 170 valence electrons. The minimum Gasteiger partial charge on any atom is -0.494 e. The van der Waals surface area contributed by atoms with Crippen LogP contribution in [0, 0.1) is 5.82 Å². The lowest BCUT2D eigenvalue weighted by Gasteiger charge is -2.09. The molecule has 0 radical (unpaired) electrons. The zero-order valence-electron chi connectivity index (χ0n) is 19.6. The van der Waals surface area contributed by atoms with Crippen molar-refractivity contribution in [2.45, 2.75) is 71.6 Å². The van der Waals surface area contributed by atoms with Gasteiger partial charge in [-0.2, -0.15) is 0 Å². The zero-order chi connectivity index (χ0) is 22.6. The Morgan fingerprint density at radius 3 is 2.16 bits per heavy atom. The quantitative estimate of drug-likeness (QED) is 0.252. The molecule has 32 heavy (non-hydrogen) atoms. The minimum atomic E-state index is -0.194. The van der Waals surface area contributed by atoms with Gasteiger partial charge in [-0.15, -0.1) is 0 Å². The van der Waals surface area contributed by atoms with Crippen LogP contribution in [-0.4, -0.2) is 11.6 Å². The number of pyridine rings is 1. The maximum Gasteiger partial charge on any atom is 0.132 e. The fourth-order valence-electron chi connectivity index (χ4n) is 3.86. The van der Waals surface area contributed by atoms with Crippen molar-refractivity contribution in [1.29, 1.82) is 0 Å². The summed E-state index contributed by atoms with van der Waals surface area (Å²) in [4.78, 5) is 4.53. The molecule has 2 aromatic carbocycles. The van der Waals surface area contributed by atoms with Gasteiger partial charge in [-0.05, 0) is 60.7 Å². The Bertz CT molecular complexity index is 934. The first-order valence-electron chi connectivity index (χ1n) is 12.2. The average Bonchev–Trinajstić information content (AvgIpc) is 2.82. The molecular weight excluding hydrogens is 397 g/mol. The van der Waals surface area contributed by atoms with E-state index in [0.717, 1.165) is 48.3 Å². The minimum absolute atomic E-state index is 0.194. The first kappa shape index (κ1) is 24.0. The number of aromatic nitrogens is 1. The fraction of sp³-hybridized carbons (Fsp3) is 0.414. The Labute approximate surface area is 192 Å². The summed E-state index contributed by atoms with van der Waals surface area (Å²) in [7, 11) is 0. The molecular formula is C29H36FNO. The number of rotatable bonds is 13. The summed E-state index contributed by atoms with van der Waals surface area (Å²) in [6.45, 7) is 5.16. The third-order valence-electron chi connectivity index (χ3n) is 5.85. The highest BCUT2D eigenvalue weighted by atomic mass is 19.1. The number of nitrogens with zero attached hydrogens (tertiary/aromatic N) is 1. The van der Waals surface area contributed by atoms with Crippen molar-refractivity contribution in [3.8, 4) is 28.1 Å². The molecule has 0 atom stereocenters. The number of benzene rings is 2. The molecule has 1 aromatic heterocycles. The first-order chi connectivity index (χ1) is 15.7. The lowest BCUT2D eigenvalue weighted by atomic mass is 10.0. The molecule has 0 spiro atoms. The molecule has 0 aliphatic heterocycles. The summed E-state index contributed by atoms with van der Waals surface area (Å²) in [5.74, 6) is 0.697. The molecule has 0 saturated carbocycles. The third kappa shape index (κ3) is 7.19. The van der Waals surface area contributed by atoms with E-state index in [1.807, 2.05) is 54.7 Å². The van der Waals surface area contributed by atoms with Crippen LogP contribution in [-0.2, 0) is 6.42 Å². The smallest absolute Gasteiger partial charge is 0.132 e. The Hall–Kier alpha value is -2.68. The van der Waals surface area contributed by atoms with Crippen molar-refractivity contribution in [2.24, 2.45) is 0 Å². The highest BCUT2D eigenvalue weighted by Crippen LogP contribution is 2.27. The van der Waals surface area contributed by atoms with Crippen LogP contribution in [0.4, 0.5) is 4.39 Å². The summed E-state index contributed by atoms with van der Waals surface area (Å²) < 4.78 is 20.5. The van der Waals surface area contributed by atoms with Gasteiger partial charge in [-0.25, -0.2) is 4.39 Å². The molecule has 0 fully saturated rings. The highest BCUT2D eigenvalue weighted by Gasteiger charge is 2.09. The lowest BCUT2D eigenvalue weighted by molar-refractivity contribution is 0.306. The van der Waals surface area contributed by atoms with Gasteiger partial charge in [-0.1, -0.05) is 76.6 Å². The van der Waals surface area contributed by atoms with Crippen molar-refractivity contribution in [3.63, 3.8) is 0 Å². The van der Waals surface area contributed by atoms with Crippen LogP contribution in [0.15, 0.2) is 60.8 Å². The summed E-state index contributed by atoms with van der Waals surface area (Å²) >= 11 is 0. The predicted octanol–water partition coefficient (Wildman–Crippen LogP) is 8.64. The van der Waals surface area contributed by atoms with Gasteiger partial charge in [0.15, 0.2) is 0 Å². The van der Waals surface area contributed by atoms with Gasteiger partial charge in [0.1, 0.15) is 11.6 Å². The number of unbranched alkanes of at least 4 members (excludes halogenated alkanes) is 6. The maximum atomic E-state index is 14.7. The fourth-order valence-corrected chi connectivity index (χ4v) is 3.86. The van der Waals surface area contributed by atoms with Crippen molar-refractivity contribution >= 4 is 0 Å². The molecule has 3 heteroatoms. The number of hydrogen-bond acceptors (Lipinski definition) is 2. The molecule has 0 bridgehead atoms. The van der Waals surface area contributed by atoms with Crippen LogP contribution in [0.5, 0.6) is 5.75 Å². The monoisotopic (exact) mass is 433 g/mol. The van der Waals surface area contributed by atoms with E-state index in [9.17, 15) is 4.39 Å². The summed E-state index contributed by atoms with van der Waals surface area (Å²) in [6, 6.07) is 17.5. The molecule has 3 rings (SSSR count). The average molecular weight is 434 g/mol. The predicted molar refractivity (Wildman–Crippen MR) is 133 cm³/mol. The van der Waals surface area contributed by atoms with Gasteiger partial charge in [0, 0.05) is 17.3 Å². The molecule has 0 N–H and O–H groups in total. The van der Waals surface area contributed by atoms with E-state index >= 15 is 0 Å². The van der Waals surface area contributed by atoms with E-state index in [0.29, 0.717) is 11.3 Å². The number of aryl methyl sites for hydroxylation is 1. The molecule has 0 saturated heterocycles. The van der Waals surface area contributed by atoms with Crippen molar-refractivity contribution in [3.05, 3.63) is 72.2 Å². The van der Waals surface area contributed by atoms with Gasteiger partial charge in [0.05, 0.1) is 12.3 Å². The molecule has 0 aliphatic rings. The second kappa shape index (κ2) is 13.0. The maximum absolute atomic E-state index is 14.7. The highest BCUT2D eigenvalue weighted by molar-refractivity contribution is 5.67. The standard InChI is InChI=1S/C29H36FNO/c1-3-5-7-8-9-11-23-12-18-27(28(30)21-23)29-19-15-25(22-31-29)24-13-16-26(17-14-24)32-20-10-6-4-2/h12-19,21-22H,3-11,20H2,1-2H3. The van der Waals surface area contributed by atoms with Crippen LogP contribution in [0.3, 0.4) is 0 Å². The van der Waals surface area contributed by atoms with Crippen molar-refractivity contribution < 1.29 is 9.13 Å². The normalized spacial score (nSPS) is 11.0. The van der Waals surface area contributed by atoms with Crippen LogP contribution >= 0.6 is 0 Å². The Balaban J connectivity index is 1.59. The summed E-state index contributed by atoms with van der Waals surface area (Å²) in [5, 5.41) is 0. The van der Waals surface area contributed by atoms with E-state index in [-0.39, 0.29) is 5.82 Å². The van der Waals surface area contributed by atoms with E-state index in [1.165, 1.54) is 38.5 Å². The van der Waals surface area contributed by atoms with Crippen LogP contribution in [0.1, 0.15) is 70.8 Å². The van der Waals surface area contributed by atoms with E-state index < -0.39 is 0 Å². The van der Waals surface area contributed by atoms with E-state index in [4.69, 9.17) is 4.74 Å². The number of ether oxygens (including phenoxy) is 1. The zero-order valence-corrected chi connectivity index (χ0v) is 19.6. The SMILES string of the molecule is CCCCCCCc1ccc(-c2ccc(-c3ccc(OCCCCC)cc3)cn2)c(F)c1. The van der Waals surface area contributed by atoms with E-state index in [1.54, 1.807) is 6.07 Å². The number of halogens is 1. The van der Waals surface area contributed by atoms with Crippen LogP contribution in [0.2, 0.25) is 0 Å². The Kier molecular flexibility index (Phi) is 9.74. The molecule has 0 unspecified atom stereocenters. The van der Waals surface area contributed by atoms with E-state index in [2.05, 4.69) is 18.8 Å². The Morgan fingerprint density at radius 2 is 1.47 bits per heavy atom. The third-order valence-corrected chi connectivity index (χ3v) is 5.85.